The molecule has 0 nitrogen and oxygen atoms in total. The van der Waals surface area contributed by atoms with Crippen molar-refractivity contribution in [3.8, 4) is 0 Å². The van der Waals surface area contributed by atoms with Gasteiger partial charge in [-0.2, -0.15) is 13.2 Å². The lowest BCUT2D eigenvalue weighted by Gasteiger charge is -2.08. The molecule has 0 atom stereocenters. The molecular formula is C10H12F4. The molecule has 0 N–H and O–H groups in total. The molecule has 4 heteroatoms. The normalized spacial score (nSPS) is 14.4. The molecule has 0 amide bonds. The van der Waals surface area contributed by atoms with Crippen molar-refractivity contribution >= 4 is 0 Å². The molecule has 0 aromatic rings. The van der Waals surface area contributed by atoms with Crippen LogP contribution in [0, 0.1) is 0 Å². The van der Waals surface area contributed by atoms with Crippen LogP contribution < -0.4 is 0 Å². The average Bonchev–Trinajstić information content (AvgIpc) is 2.00. The van der Waals surface area contributed by atoms with E-state index in [0.717, 1.165) is 6.08 Å². The third-order valence-electron chi connectivity index (χ3n) is 1.60. The molecule has 0 radical (unpaired) electrons. The summed E-state index contributed by atoms with van der Waals surface area (Å²) in [5.74, 6) is -1.10. The number of alkyl halides is 3. The highest BCUT2D eigenvalue weighted by atomic mass is 19.4. The van der Waals surface area contributed by atoms with Crippen LogP contribution >= 0.6 is 0 Å². The molecule has 0 saturated heterocycles. The molecule has 80 valence electrons. The van der Waals surface area contributed by atoms with Crippen LogP contribution in [0.5, 0.6) is 0 Å². The molecule has 14 heavy (non-hydrogen) atoms. The van der Waals surface area contributed by atoms with Gasteiger partial charge in [-0.25, -0.2) is 4.39 Å². The maximum absolute atomic E-state index is 12.3. The zero-order valence-corrected chi connectivity index (χ0v) is 8.08. The summed E-state index contributed by atoms with van der Waals surface area (Å²) in [5.41, 5.74) is -0.473. The van der Waals surface area contributed by atoms with E-state index in [1.165, 1.54) is 0 Å². The Hall–Kier alpha value is -1.06. The van der Waals surface area contributed by atoms with Gasteiger partial charge in [0, 0.05) is 0 Å². The maximum Gasteiger partial charge on any atom is 0.416 e. The van der Waals surface area contributed by atoms with E-state index >= 15 is 0 Å². The smallest absolute Gasteiger partial charge is 0.208 e. The van der Waals surface area contributed by atoms with Crippen LogP contribution in [0.1, 0.15) is 20.3 Å². The third-order valence-corrected chi connectivity index (χ3v) is 1.60. The Kier molecular flexibility index (Phi) is 4.60. The highest BCUT2D eigenvalue weighted by Crippen LogP contribution is 2.28. The molecule has 0 aromatic carbocycles. The summed E-state index contributed by atoms with van der Waals surface area (Å²) in [6, 6.07) is 0. The van der Waals surface area contributed by atoms with E-state index in [9.17, 15) is 17.6 Å². The average molecular weight is 208 g/mol. The van der Waals surface area contributed by atoms with E-state index in [2.05, 4.69) is 6.58 Å². The van der Waals surface area contributed by atoms with Crippen LogP contribution in [0.25, 0.3) is 0 Å². The maximum atomic E-state index is 12.3. The van der Waals surface area contributed by atoms with Crippen LogP contribution in [0.15, 0.2) is 35.7 Å². The van der Waals surface area contributed by atoms with Crippen molar-refractivity contribution in [3.63, 3.8) is 0 Å². The Labute approximate surface area is 80.6 Å². The van der Waals surface area contributed by atoms with Crippen LogP contribution in [0.4, 0.5) is 17.6 Å². The van der Waals surface area contributed by atoms with Gasteiger partial charge >= 0.3 is 6.18 Å². The van der Waals surface area contributed by atoms with Gasteiger partial charge in [0.2, 0.25) is 0 Å². The Bertz CT molecular complexity index is 268. The van der Waals surface area contributed by atoms with Gasteiger partial charge in [0.15, 0.2) is 0 Å². The summed E-state index contributed by atoms with van der Waals surface area (Å²) in [6.45, 7) is 6.05. The minimum absolute atomic E-state index is 0.388. The summed E-state index contributed by atoms with van der Waals surface area (Å²) < 4.78 is 49.0. The van der Waals surface area contributed by atoms with Crippen molar-refractivity contribution in [3.05, 3.63) is 35.7 Å². The molecule has 0 aromatic heterocycles. The molecule has 0 saturated carbocycles. The zero-order valence-electron chi connectivity index (χ0n) is 8.08. The van der Waals surface area contributed by atoms with Gasteiger partial charge < -0.3 is 0 Å². The third kappa shape index (κ3) is 4.84. The second-order valence-corrected chi connectivity index (χ2v) is 2.89. The summed E-state index contributed by atoms with van der Waals surface area (Å²) in [7, 11) is 0. The molecular weight excluding hydrogens is 196 g/mol. The summed E-state index contributed by atoms with van der Waals surface area (Å²) in [5, 5.41) is 0. The number of hydrogen-bond acceptors (Lipinski definition) is 0. The van der Waals surface area contributed by atoms with Crippen LogP contribution in [-0.2, 0) is 0 Å². The van der Waals surface area contributed by atoms with Crippen LogP contribution in [0.3, 0.4) is 0 Å². The lowest BCUT2D eigenvalue weighted by molar-refractivity contribution is -0.0884. The van der Waals surface area contributed by atoms with Crippen molar-refractivity contribution in [2.24, 2.45) is 0 Å². The first kappa shape index (κ1) is 12.9. The fourth-order valence-corrected chi connectivity index (χ4v) is 0.742. The number of rotatable bonds is 3. The molecule has 0 heterocycles. The molecule has 0 unspecified atom stereocenters. The summed E-state index contributed by atoms with van der Waals surface area (Å²) >= 11 is 0. The minimum Gasteiger partial charge on any atom is -0.208 e. The molecule has 0 spiro atoms. The number of allylic oxidation sites excluding steroid dienone is 5. The van der Waals surface area contributed by atoms with E-state index in [1.54, 1.807) is 13.8 Å². The van der Waals surface area contributed by atoms with Crippen molar-refractivity contribution in [1.29, 1.82) is 0 Å². The molecule has 0 fully saturated rings. The topological polar surface area (TPSA) is 0 Å². The monoisotopic (exact) mass is 208 g/mol. The highest BCUT2D eigenvalue weighted by molar-refractivity contribution is 5.31. The Morgan fingerprint density at radius 2 is 1.79 bits per heavy atom. The number of halogens is 4. The highest BCUT2D eigenvalue weighted by Gasteiger charge is 2.32. The van der Waals surface area contributed by atoms with Crippen molar-refractivity contribution in [2.45, 2.75) is 26.4 Å². The van der Waals surface area contributed by atoms with Gasteiger partial charge in [0.05, 0.1) is 5.57 Å². The van der Waals surface area contributed by atoms with Gasteiger partial charge in [-0.1, -0.05) is 25.2 Å². The largest absolute Gasteiger partial charge is 0.416 e. The lowest BCUT2D eigenvalue weighted by atomic mass is 10.1. The van der Waals surface area contributed by atoms with E-state index in [1.807, 2.05) is 0 Å². The fourth-order valence-electron chi connectivity index (χ4n) is 0.742. The lowest BCUT2D eigenvalue weighted by Crippen LogP contribution is -2.10. The first-order valence-electron chi connectivity index (χ1n) is 4.07. The first-order chi connectivity index (χ1) is 6.27. The van der Waals surface area contributed by atoms with E-state index in [4.69, 9.17) is 0 Å². The van der Waals surface area contributed by atoms with Crippen molar-refractivity contribution in [1.82, 2.24) is 0 Å². The Balaban J connectivity index is 5.04. The predicted octanol–water partition coefficient (Wildman–Crippen LogP) is 4.31. The van der Waals surface area contributed by atoms with Crippen molar-refractivity contribution in [2.75, 3.05) is 0 Å². The van der Waals surface area contributed by atoms with Gasteiger partial charge in [-0.05, 0) is 19.4 Å². The molecule has 0 aliphatic heterocycles. The molecule has 0 rings (SSSR count). The first-order valence-corrected chi connectivity index (χ1v) is 4.07. The van der Waals surface area contributed by atoms with Crippen LogP contribution in [-0.4, -0.2) is 6.18 Å². The second kappa shape index (κ2) is 4.98. The molecule has 0 aliphatic rings. The second-order valence-electron chi connectivity index (χ2n) is 2.89. The van der Waals surface area contributed by atoms with Gasteiger partial charge in [0.25, 0.3) is 0 Å². The SMILES string of the molecule is C=C(F)/C=C(\C=C(/C)CC)C(F)(F)F. The van der Waals surface area contributed by atoms with Crippen LogP contribution in [0.2, 0.25) is 0 Å². The number of hydrogen-bond donors (Lipinski definition) is 0. The van der Waals surface area contributed by atoms with Gasteiger partial charge in [-0.15, -0.1) is 0 Å². The fraction of sp³-hybridized carbons (Fsp3) is 0.400. The minimum atomic E-state index is -4.54. The quantitative estimate of drug-likeness (QED) is 0.478. The molecule has 0 aliphatic carbocycles. The summed E-state index contributed by atoms with van der Waals surface area (Å²) in [4.78, 5) is 0. The van der Waals surface area contributed by atoms with Gasteiger partial charge in [-0.3, -0.25) is 0 Å². The Morgan fingerprint density at radius 3 is 2.07 bits per heavy atom. The molecule has 0 bridgehead atoms. The van der Waals surface area contributed by atoms with E-state index < -0.39 is 17.6 Å². The Morgan fingerprint density at radius 1 is 1.29 bits per heavy atom. The predicted molar refractivity (Wildman–Crippen MR) is 48.4 cm³/mol. The van der Waals surface area contributed by atoms with Gasteiger partial charge in [0.1, 0.15) is 5.83 Å². The van der Waals surface area contributed by atoms with E-state index in [0.29, 0.717) is 18.1 Å². The van der Waals surface area contributed by atoms with Crippen molar-refractivity contribution < 1.29 is 17.6 Å². The summed E-state index contributed by atoms with van der Waals surface area (Å²) in [6.07, 6.45) is -2.73. The zero-order chi connectivity index (χ0) is 11.4. The standard InChI is InChI=1S/C10H12F4/c1-4-7(2)5-9(6-8(3)11)10(12,13)14/h5-6H,3-4H2,1-2H3/b7-5+,9-6+. The van der Waals surface area contributed by atoms with E-state index in [-0.39, 0.29) is 0 Å².